The van der Waals surface area contributed by atoms with Crippen LogP contribution in [0.1, 0.15) is 0 Å². The van der Waals surface area contributed by atoms with Gasteiger partial charge < -0.3 is 0 Å². The molecule has 0 atom stereocenters. The van der Waals surface area contributed by atoms with Gasteiger partial charge in [0.25, 0.3) is 0 Å². The van der Waals surface area contributed by atoms with Crippen molar-refractivity contribution in [1.82, 2.24) is 9.97 Å². The Morgan fingerprint density at radius 1 is 1.11 bits per heavy atom. The van der Waals surface area contributed by atoms with Crippen LogP contribution >= 0.6 is 23.1 Å². The van der Waals surface area contributed by atoms with Crippen LogP contribution in [0.3, 0.4) is 0 Å². The Morgan fingerprint density at radius 3 is 2.89 bits per heavy atom. The van der Waals surface area contributed by atoms with Crippen LogP contribution in [0, 0.1) is 11.6 Å². The van der Waals surface area contributed by atoms with Crippen LogP contribution in [-0.4, -0.2) is 9.97 Å². The van der Waals surface area contributed by atoms with E-state index in [1.165, 1.54) is 23.7 Å². The lowest BCUT2D eigenvalue weighted by Crippen LogP contribution is -1.87. The van der Waals surface area contributed by atoms with Gasteiger partial charge in [-0.2, -0.15) is 0 Å². The Balaban J connectivity index is 2.06. The molecule has 0 aliphatic heterocycles. The first-order valence-corrected chi connectivity index (χ1v) is 6.75. The molecular formula is C12H6F2N2S2. The molecular weight excluding hydrogens is 274 g/mol. The second-order valence-electron chi connectivity index (χ2n) is 3.50. The van der Waals surface area contributed by atoms with Gasteiger partial charge in [0.05, 0.1) is 4.90 Å². The minimum Gasteiger partial charge on any atom is -0.229 e. The van der Waals surface area contributed by atoms with Crippen LogP contribution in [0.4, 0.5) is 8.78 Å². The van der Waals surface area contributed by atoms with E-state index in [9.17, 15) is 8.78 Å². The van der Waals surface area contributed by atoms with Crippen molar-refractivity contribution in [3.63, 3.8) is 0 Å². The second-order valence-corrected chi connectivity index (χ2v) is 5.42. The quantitative estimate of drug-likeness (QED) is 0.660. The smallest absolute Gasteiger partial charge is 0.137 e. The highest BCUT2D eigenvalue weighted by Gasteiger charge is 2.10. The minimum absolute atomic E-state index is 0.223. The van der Waals surface area contributed by atoms with Crippen molar-refractivity contribution < 1.29 is 8.78 Å². The Hall–Kier alpha value is -1.53. The maximum absolute atomic E-state index is 13.6. The predicted molar refractivity (Wildman–Crippen MR) is 67.9 cm³/mol. The maximum Gasteiger partial charge on any atom is 0.137 e. The van der Waals surface area contributed by atoms with Gasteiger partial charge in [-0.1, -0.05) is 11.8 Å². The zero-order valence-electron chi connectivity index (χ0n) is 8.93. The first-order chi connectivity index (χ1) is 8.74. The highest BCUT2D eigenvalue weighted by molar-refractivity contribution is 7.99. The fourth-order valence-corrected chi connectivity index (χ4v) is 3.23. The fraction of sp³-hybridized carbons (Fsp3) is 0. The van der Waals surface area contributed by atoms with Gasteiger partial charge in [0.2, 0.25) is 0 Å². The lowest BCUT2D eigenvalue weighted by Gasteiger charge is -2.03. The topological polar surface area (TPSA) is 25.8 Å². The van der Waals surface area contributed by atoms with Gasteiger partial charge in [-0.05, 0) is 29.6 Å². The number of rotatable bonds is 2. The van der Waals surface area contributed by atoms with E-state index in [1.54, 1.807) is 0 Å². The molecule has 3 rings (SSSR count). The SMILES string of the molecule is Fc1ccc(F)c(Sc2ncnc3sccc23)c1. The van der Waals surface area contributed by atoms with Gasteiger partial charge in [0.1, 0.15) is 27.8 Å². The summed E-state index contributed by atoms with van der Waals surface area (Å²) in [5, 5.41) is 3.38. The number of halogens is 2. The third kappa shape index (κ3) is 2.09. The standard InChI is InChI=1S/C12H6F2N2S2/c13-7-1-2-9(14)10(5-7)18-12-8-3-4-17-11(8)15-6-16-12/h1-6H. The molecule has 2 aromatic heterocycles. The predicted octanol–water partition coefficient (Wildman–Crippen LogP) is 4.12. The van der Waals surface area contributed by atoms with Gasteiger partial charge >= 0.3 is 0 Å². The molecule has 18 heavy (non-hydrogen) atoms. The molecule has 0 spiro atoms. The number of fused-ring (bicyclic) bond motifs is 1. The zero-order chi connectivity index (χ0) is 12.5. The Morgan fingerprint density at radius 2 is 2.00 bits per heavy atom. The summed E-state index contributed by atoms with van der Waals surface area (Å²) in [5.74, 6) is -0.919. The fourth-order valence-electron chi connectivity index (χ4n) is 1.51. The average Bonchev–Trinajstić information content (AvgIpc) is 2.83. The van der Waals surface area contributed by atoms with E-state index in [1.807, 2.05) is 11.4 Å². The van der Waals surface area contributed by atoms with Gasteiger partial charge in [-0.15, -0.1) is 11.3 Å². The zero-order valence-corrected chi connectivity index (χ0v) is 10.6. The van der Waals surface area contributed by atoms with Gasteiger partial charge in [0, 0.05) is 5.39 Å². The molecule has 0 fully saturated rings. The van der Waals surface area contributed by atoms with Crippen molar-refractivity contribution in [2.45, 2.75) is 9.92 Å². The van der Waals surface area contributed by atoms with Crippen molar-refractivity contribution in [3.8, 4) is 0 Å². The van der Waals surface area contributed by atoms with Crippen LogP contribution in [-0.2, 0) is 0 Å². The van der Waals surface area contributed by atoms with E-state index >= 15 is 0 Å². The first kappa shape index (κ1) is 11.6. The van der Waals surface area contributed by atoms with Crippen LogP contribution in [0.25, 0.3) is 10.2 Å². The molecule has 0 unspecified atom stereocenters. The third-order valence-electron chi connectivity index (χ3n) is 2.33. The van der Waals surface area contributed by atoms with E-state index < -0.39 is 11.6 Å². The highest BCUT2D eigenvalue weighted by atomic mass is 32.2. The Kier molecular flexibility index (Phi) is 2.97. The van der Waals surface area contributed by atoms with Crippen molar-refractivity contribution in [1.29, 1.82) is 0 Å². The van der Waals surface area contributed by atoms with Crippen LogP contribution in [0.15, 0.2) is 45.9 Å². The van der Waals surface area contributed by atoms with Crippen molar-refractivity contribution in [2.75, 3.05) is 0 Å². The van der Waals surface area contributed by atoms with E-state index in [-0.39, 0.29) is 4.90 Å². The maximum atomic E-state index is 13.6. The van der Waals surface area contributed by atoms with Crippen molar-refractivity contribution in [3.05, 3.63) is 47.6 Å². The molecule has 0 saturated heterocycles. The summed E-state index contributed by atoms with van der Waals surface area (Å²) in [5.41, 5.74) is 0. The number of aromatic nitrogens is 2. The summed E-state index contributed by atoms with van der Waals surface area (Å²) >= 11 is 2.59. The van der Waals surface area contributed by atoms with Gasteiger partial charge in [0.15, 0.2) is 0 Å². The molecule has 0 N–H and O–H groups in total. The molecule has 0 bridgehead atoms. The van der Waals surface area contributed by atoms with Crippen LogP contribution in [0.5, 0.6) is 0 Å². The van der Waals surface area contributed by atoms with E-state index in [4.69, 9.17) is 0 Å². The average molecular weight is 280 g/mol. The normalized spacial score (nSPS) is 11.0. The monoisotopic (exact) mass is 280 g/mol. The van der Waals surface area contributed by atoms with Crippen LogP contribution < -0.4 is 0 Å². The molecule has 0 amide bonds. The number of hydrogen-bond acceptors (Lipinski definition) is 4. The number of nitrogens with zero attached hydrogens (tertiary/aromatic N) is 2. The van der Waals surface area contributed by atoms with Crippen molar-refractivity contribution >= 4 is 33.3 Å². The number of hydrogen-bond donors (Lipinski definition) is 0. The number of benzene rings is 1. The molecule has 0 aliphatic rings. The molecule has 2 heterocycles. The molecule has 3 aromatic rings. The lowest BCUT2D eigenvalue weighted by molar-refractivity contribution is 0.577. The summed E-state index contributed by atoms with van der Waals surface area (Å²) in [4.78, 5) is 9.28. The summed E-state index contributed by atoms with van der Waals surface area (Å²) in [6.07, 6.45) is 1.43. The molecule has 2 nitrogen and oxygen atoms in total. The summed E-state index contributed by atoms with van der Waals surface area (Å²) in [6.45, 7) is 0. The van der Waals surface area contributed by atoms with E-state index in [0.29, 0.717) is 5.03 Å². The molecule has 90 valence electrons. The summed E-state index contributed by atoms with van der Waals surface area (Å²) in [7, 11) is 0. The molecule has 0 aliphatic carbocycles. The van der Waals surface area contributed by atoms with E-state index in [0.717, 1.165) is 34.1 Å². The van der Waals surface area contributed by atoms with Gasteiger partial charge in [-0.3, -0.25) is 0 Å². The summed E-state index contributed by atoms with van der Waals surface area (Å²) < 4.78 is 26.6. The largest absolute Gasteiger partial charge is 0.229 e. The van der Waals surface area contributed by atoms with E-state index in [2.05, 4.69) is 9.97 Å². The molecule has 0 radical (unpaired) electrons. The molecule has 0 saturated carbocycles. The van der Waals surface area contributed by atoms with Gasteiger partial charge in [-0.25, -0.2) is 18.7 Å². The third-order valence-corrected chi connectivity index (χ3v) is 4.20. The Labute approximate surface area is 110 Å². The first-order valence-electron chi connectivity index (χ1n) is 5.05. The minimum atomic E-state index is -0.463. The Bertz CT molecular complexity index is 712. The highest BCUT2D eigenvalue weighted by Crippen LogP contribution is 2.34. The second kappa shape index (κ2) is 4.62. The molecule has 6 heteroatoms. The lowest BCUT2D eigenvalue weighted by atomic mass is 10.3. The van der Waals surface area contributed by atoms with Crippen LogP contribution in [0.2, 0.25) is 0 Å². The van der Waals surface area contributed by atoms with Crippen molar-refractivity contribution in [2.24, 2.45) is 0 Å². The summed E-state index contributed by atoms with van der Waals surface area (Å²) in [6, 6.07) is 5.25. The number of thiophene rings is 1. The molecule has 1 aromatic carbocycles.